The number of aliphatic hydroxyl groups is 1. The van der Waals surface area contributed by atoms with Crippen molar-refractivity contribution in [2.45, 2.75) is 0 Å². The third-order valence-corrected chi connectivity index (χ3v) is 1.00. The summed E-state index contributed by atoms with van der Waals surface area (Å²) in [5.41, 5.74) is 0. The van der Waals surface area contributed by atoms with Crippen LogP contribution in [0.4, 0.5) is 0 Å². The van der Waals surface area contributed by atoms with Gasteiger partial charge in [0.2, 0.25) is 0 Å². The Bertz CT molecular complexity index is 100. The van der Waals surface area contributed by atoms with Crippen molar-refractivity contribution in [3.05, 3.63) is 0 Å². The van der Waals surface area contributed by atoms with Crippen molar-refractivity contribution >= 4 is 11.4 Å². The molecule has 0 radical (unpaired) electrons. The molecule has 5 nitrogen and oxygen atoms in total. The summed E-state index contributed by atoms with van der Waals surface area (Å²) >= 11 is -2.46. The van der Waals surface area contributed by atoms with Crippen LogP contribution >= 0.6 is 0 Å². The van der Waals surface area contributed by atoms with Crippen LogP contribution in [0.25, 0.3) is 0 Å². The van der Waals surface area contributed by atoms with Gasteiger partial charge in [-0.05, 0) is 0 Å². The molecule has 0 saturated carbocycles. The van der Waals surface area contributed by atoms with Crippen molar-refractivity contribution < 1.29 is 52.3 Å². The Morgan fingerprint density at radius 2 is 2.00 bits per heavy atom. The Morgan fingerprint density at radius 3 is 2.45 bits per heavy atom. The van der Waals surface area contributed by atoms with Crippen LogP contribution in [-0.2, 0) is 20.3 Å². The zero-order valence-electron chi connectivity index (χ0n) is 6.32. The second-order valence-corrected chi connectivity index (χ2v) is 2.01. The molecule has 7 heteroatoms. The van der Waals surface area contributed by atoms with Crippen LogP contribution in [0.2, 0.25) is 0 Å². The van der Waals surface area contributed by atoms with E-state index in [0.717, 1.165) is 0 Å². The third kappa shape index (κ3) is 13.9. The van der Waals surface area contributed by atoms with Gasteiger partial charge in [0, 0.05) is 0 Å². The Hall–Kier alpha value is 0.990. The van der Waals surface area contributed by atoms with E-state index >= 15 is 0 Å². The maximum Gasteiger partial charge on any atom is 1.00 e. The van der Waals surface area contributed by atoms with Crippen molar-refractivity contribution in [1.29, 1.82) is 0 Å². The van der Waals surface area contributed by atoms with Crippen LogP contribution in [0.5, 0.6) is 0 Å². The van der Waals surface area contributed by atoms with Gasteiger partial charge in [0.15, 0.2) is 0 Å². The van der Waals surface area contributed by atoms with Gasteiger partial charge in [-0.15, -0.1) is 0 Å². The second kappa shape index (κ2) is 11.0. The Balaban J connectivity index is 0. The van der Waals surface area contributed by atoms with E-state index in [4.69, 9.17) is 5.11 Å². The Morgan fingerprint density at radius 1 is 1.36 bits per heavy atom. The molecule has 1 N–H and O–H groups in total. The van der Waals surface area contributed by atoms with E-state index in [9.17, 15) is 8.76 Å². The van der Waals surface area contributed by atoms with E-state index in [1.807, 2.05) is 0 Å². The van der Waals surface area contributed by atoms with Gasteiger partial charge in [0.05, 0.1) is 37.8 Å². The normalized spacial score (nSPS) is 12.2. The number of rotatable bonds is 6. The summed E-state index contributed by atoms with van der Waals surface area (Å²) in [5.74, 6) is 0. The predicted octanol–water partition coefficient (Wildman–Crippen LogP) is -4.19. The maximum absolute atomic E-state index is 9.70. The zero-order valence-corrected chi connectivity index (χ0v) is 9.13. The summed E-state index contributed by atoms with van der Waals surface area (Å²) < 4.78 is 28.2. The summed E-state index contributed by atoms with van der Waals surface area (Å²) in [4.78, 5) is 0. The summed E-state index contributed by atoms with van der Waals surface area (Å²) in [6.45, 7) is 0.306. The van der Waals surface area contributed by atoms with Crippen LogP contribution in [0, 0.1) is 0 Å². The molecule has 1 atom stereocenters. The van der Waals surface area contributed by atoms with E-state index in [1.165, 1.54) is 0 Å². The molecule has 0 aromatic carbocycles. The molecule has 0 spiro atoms. The van der Waals surface area contributed by atoms with E-state index < -0.39 is 11.4 Å². The van der Waals surface area contributed by atoms with E-state index in [-0.39, 0.29) is 56.0 Å². The van der Waals surface area contributed by atoms with E-state index in [0.29, 0.717) is 0 Å². The number of ether oxygens (including phenoxy) is 1. The van der Waals surface area contributed by atoms with Crippen LogP contribution in [-0.4, -0.2) is 40.3 Å². The number of hydrogen-bond acceptors (Lipinski definition) is 5. The van der Waals surface area contributed by atoms with Gasteiger partial charge >= 0.3 is 29.6 Å². The van der Waals surface area contributed by atoms with Crippen molar-refractivity contribution in [3.63, 3.8) is 0 Å². The molecular formula is C4H9NaO5S. The summed E-state index contributed by atoms with van der Waals surface area (Å²) in [7, 11) is 0. The first-order valence-electron chi connectivity index (χ1n) is 2.68. The molecule has 0 amide bonds. The second-order valence-electron chi connectivity index (χ2n) is 1.36. The van der Waals surface area contributed by atoms with Crippen molar-refractivity contribution in [3.8, 4) is 0 Å². The Labute approximate surface area is 89.9 Å². The first-order valence-corrected chi connectivity index (χ1v) is 3.68. The minimum atomic E-state index is -2.46. The third-order valence-electron chi connectivity index (χ3n) is 0.643. The van der Waals surface area contributed by atoms with Gasteiger partial charge in [0.25, 0.3) is 0 Å². The quantitative estimate of drug-likeness (QED) is 0.262. The van der Waals surface area contributed by atoms with Crippen LogP contribution < -0.4 is 29.6 Å². The van der Waals surface area contributed by atoms with E-state index in [1.54, 1.807) is 0 Å². The van der Waals surface area contributed by atoms with Crippen molar-refractivity contribution in [2.75, 3.05) is 26.4 Å². The summed E-state index contributed by atoms with van der Waals surface area (Å²) in [5, 5.41) is 8.19. The van der Waals surface area contributed by atoms with Gasteiger partial charge in [-0.25, -0.2) is 4.21 Å². The molecule has 0 bridgehead atoms. The molecule has 0 aliphatic carbocycles. The fourth-order valence-electron chi connectivity index (χ4n) is 0.328. The fraction of sp³-hybridized carbons (Fsp3) is 1.00. The first kappa shape index (κ1) is 14.5. The van der Waals surface area contributed by atoms with Gasteiger partial charge < -0.3 is 14.4 Å². The smallest absolute Gasteiger partial charge is 0.750 e. The average Bonchev–Trinajstić information content (AvgIpc) is 1.87. The standard InChI is InChI=1S/C4H10O5S.Na/c5-1-2-8-3-4-9-10(6)7;/h5H,1-4H2,(H,6,7);/q;+1/p-1. The number of hydrogen-bond donors (Lipinski definition) is 1. The van der Waals surface area contributed by atoms with Crippen molar-refractivity contribution in [2.24, 2.45) is 0 Å². The molecule has 1 unspecified atom stereocenters. The monoisotopic (exact) mass is 192 g/mol. The summed E-state index contributed by atoms with van der Waals surface area (Å²) in [6.07, 6.45) is 0. The SMILES string of the molecule is O=S([O-])OCCOCCO.[Na+]. The predicted molar refractivity (Wildman–Crippen MR) is 32.8 cm³/mol. The minimum absolute atomic E-state index is 0. The fourth-order valence-corrected chi connectivity index (χ4v) is 0.532. The molecule has 0 aliphatic rings. The molecule has 0 fully saturated rings. The van der Waals surface area contributed by atoms with Crippen molar-refractivity contribution in [1.82, 2.24) is 0 Å². The van der Waals surface area contributed by atoms with Crippen LogP contribution in [0.1, 0.15) is 0 Å². The zero-order chi connectivity index (χ0) is 7.82. The largest absolute Gasteiger partial charge is 1.00 e. The summed E-state index contributed by atoms with van der Waals surface area (Å²) in [6, 6.07) is 0. The van der Waals surface area contributed by atoms with Crippen LogP contribution in [0.3, 0.4) is 0 Å². The molecule has 62 valence electrons. The molecule has 0 aromatic heterocycles. The topological polar surface area (TPSA) is 78.8 Å². The maximum atomic E-state index is 9.70. The average molecular weight is 192 g/mol. The van der Waals surface area contributed by atoms with Crippen LogP contribution in [0.15, 0.2) is 0 Å². The van der Waals surface area contributed by atoms with Gasteiger partial charge in [-0.1, -0.05) is 0 Å². The molecule has 0 heterocycles. The van der Waals surface area contributed by atoms with Gasteiger partial charge in [0.1, 0.15) is 0 Å². The molecule has 11 heavy (non-hydrogen) atoms. The Kier molecular flexibility index (Phi) is 14.5. The number of aliphatic hydroxyl groups excluding tert-OH is 1. The van der Waals surface area contributed by atoms with Gasteiger partial charge in [-0.2, -0.15) is 0 Å². The molecule has 0 aromatic rings. The molecular weight excluding hydrogens is 183 g/mol. The minimum Gasteiger partial charge on any atom is -0.750 e. The first-order chi connectivity index (χ1) is 4.77. The molecule has 0 rings (SSSR count). The molecule has 0 saturated heterocycles. The molecule has 0 aliphatic heterocycles. The van der Waals surface area contributed by atoms with E-state index in [2.05, 4.69) is 8.92 Å². The van der Waals surface area contributed by atoms with Gasteiger partial charge in [-0.3, -0.25) is 4.18 Å².